The van der Waals surface area contributed by atoms with Gasteiger partial charge in [-0.15, -0.1) is 0 Å². The summed E-state index contributed by atoms with van der Waals surface area (Å²) in [4.78, 5) is 14.3. The molecule has 110 valence electrons. The number of amides is 1. The average Bonchev–Trinajstić information content (AvgIpc) is 3.22. The van der Waals surface area contributed by atoms with E-state index in [0.717, 1.165) is 16.7 Å². The van der Waals surface area contributed by atoms with Gasteiger partial charge in [0.25, 0.3) is 0 Å². The third kappa shape index (κ3) is 4.47. The first-order valence-electron chi connectivity index (χ1n) is 6.68. The second-order valence-corrected chi connectivity index (χ2v) is 5.84. The van der Waals surface area contributed by atoms with Gasteiger partial charge in [0, 0.05) is 29.9 Å². The maximum Gasteiger partial charge on any atom is 0.238 e. The maximum atomic E-state index is 12.1. The SMILES string of the molecule is COCCN(CC(=O)Nc1ccc(N)cc1Br)C1CC1. The van der Waals surface area contributed by atoms with Crippen molar-refractivity contribution in [3.8, 4) is 0 Å². The Morgan fingerprint density at radius 3 is 2.90 bits per heavy atom. The van der Waals surface area contributed by atoms with E-state index in [9.17, 15) is 4.79 Å². The van der Waals surface area contributed by atoms with Crippen LogP contribution in [0.4, 0.5) is 11.4 Å². The number of hydrogen-bond acceptors (Lipinski definition) is 4. The van der Waals surface area contributed by atoms with Crippen molar-refractivity contribution in [1.29, 1.82) is 0 Å². The smallest absolute Gasteiger partial charge is 0.238 e. The van der Waals surface area contributed by atoms with Crippen LogP contribution in [0.25, 0.3) is 0 Å². The number of nitrogens with two attached hydrogens (primary N) is 1. The van der Waals surface area contributed by atoms with Crippen molar-refractivity contribution >= 4 is 33.2 Å². The molecule has 3 N–H and O–H groups in total. The van der Waals surface area contributed by atoms with Crippen LogP contribution in [0.15, 0.2) is 22.7 Å². The number of rotatable bonds is 7. The summed E-state index contributed by atoms with van der Waals surface area (Å²) >= 11 is 3.40. The molecule has 1 amide bonds. The van der Waals surface area contributed by atoms with Gasteiger partial charge in [-0.2, -0.15) is 0 Å². The zero-order valence-corrected chi connectivity index (χ0v) is 13.1. The predicted molar refractivity (Wildman–Crippen MR) is 83.7 cm³/mol. The van der Waals surface area contributed by atoms with Gasteiger partial charge in [0.15, 0.2) is 0 Å². The molecule has 0 aromatic heterocycles. The molecule has 0 heterocycles. The lowest BCUT2D eigenvalue weighted by molar-refractivity contribution is -0.117. The van der Waals surface area contributed by atoms with Crippen LogP contribution in [-0.4, -0.2) is 43.7 Å². The molecule has 1 aliphatic rings. The Balaban J connectivity index is 1.90. The van der Waals surface area contributed by atoms with Gasteiger partial charge >= 0.3 is 0 Å². The first-order chi connectivity index (χ1) is 9.60. The number of carbonyl (C=O) groups is 1. The van der Waals surface area contributed by atoms with Crippen LogP contribution in [-0.2, 0) is 9.53 Å². The molecule has 0 radical (unpaired) electrons. The van der Waals surface area contributed by atoms with Crippen LogP contribution in [0, 0.1) is 0 Å². The fourth-order valence-electron chi connectivity index (χ4n) is 2.05. The normalized spacial score (nSPS) is 14.6. The highest BCUT2D eigenvalue weighted by atomic mass is 79.9. The van der Waals surface area contributed by atoms with E-state index in [0.29, 0.717) is 24.9 Å². The molecule has 0 atom stereocenters. The number of nitrogens with one attached hydrogen (secondary N) is 1. The molecule has 0 spiro atoms. The molecule has 1 aromatic carbocycles. The first-order valence-corrected chi connectivity index (χ1v) is 7.47. The zero-order chi connectivity index (χ0) is 14.5. The Hall–Kier alpha value is -1.11. The number of hydrogen-bond donors (Lipinski definition) is 2. The van der Waals surface area contributed by atoms with E-state index in [2.05, 4.69) is 26.1 Å². The van der Waals surface area contributed by atoms with E-state index >= 15 is 0 Å². The van der Waals surface area contributed by atoms with E-state index in [1.54, 1.807) is 25.3 Å². The Labute approximate surface area is 127 Å². The summed E-state index contributed by atoms with van der Waals surface area (Å²) in [5.74, 6) is -0.0153. The summed E-state index contributed by atoms with van der Waals surface area (Å²) in [5.41, 5.74) is 7.08. The third-order valence-electron chi connectivity index (χ3n) is 3.26. The Morgan fingerprint density at radius 2 is 2.30 bits per heavy atom. The number of benzene rings is 1. The van der Waals surface area contributed by atoms with E-state index in [-0.39, 0.29) is 5.91 Å². The summed E-state index contributed by atoms with van der Waals surface area (Å²) in [5, 5.41) is 2.90. The summed E-state index contributed by atoms with van der Waals surface area (Å²) in [6.07, 6.45) is 2.34. The maximum absolute atomic E-state index is 12.1. The molecule has 0 aliphatic heterocycles. The molecule has 5 nitrogen and oxygen atoms in total. The lowest BCUT2D eigenvalue weighted by Crippen LogP contribution is -2.37. The van der Waals surface area contributed by atoms with E-state index in [1.165, 1.54) is 12.8 Å². The fourth-order valence-corrected chi connectivity index (χ4v) is 2.54. The van der Waals surface area contributed by atoms with Crippen LogP contribution in [0.1, 0.15) is 12.8 Å². The molecule has 1 aliphatic carbocycles. The molecule has 6 heteroatoms. The third-order valence-corrected chi connectivity index (χ3v) is 3.92. The fraction of sp³-hybridized carbons (Fsp3) is 0.500. The van der Waals surface area contributed by atoms with Crippen LogP contribution in [0.2, 0.25) is 0 Å². The molecule has 1 saturated carbocycles. The molecule has 1 fully saturated rings. The minimum atomic E-state index is -0.0153. The van der Waals surface area contributed by atoms with Gasteiger partial charge < -0.3 is 15.8 Å². The molecule has 0 bridgehead atoms. The van der Waals surface area contributed by atoms with Gasteiger partial charge in [-0.25, -0.2) is 0 Å². The summed E-state index contributed by atoms with van der Waals surface area (Å²) < 4.78 is 5.88. The molecule has 20 heavy (non-hydrogen) atoms. The second kappa shape index (κ2) is 7.06. The van der Waals surface area contributed by atoms with Crippen molar-refractivity contribution in [1.82, 2.24) is 4.90 Å². The Morgan fingerprint density at radius 1 is 1.55 bits per heavy atom. The van der Waals surface area contributed by atoms with Crippen LogP contribution in [0.3, 0.4) is 0 Å². The van der Waals surface area contributed by atoms with Gasteiger partial charge in [0.1, 0.15) is 0 Å². The largest absolute Gasteiger partial charge is 0.399 e. The van der Waals surface area contributed by atoms with Crippen molar-refractivity contribution in [3.05, 3.63) is 22.7 Å². The van der Waals surface area contributed by atoms with Crippen molar-refractivity contribution in [2.75, 3.05) is 37.9 Å². The number of halogens is 1. The van der Waals surface area contributed by atoms with Gasteiger partial charge in [-0.05, 0) is 47.0 Å². The number of carbonyl (C=O) groups excluding carboxylic acids is 1. The van der Waals surface area contributed by atoms with Crippen LogP contribution >= 0.6 is 15.9 Å². The first kappa shape index (κ1) is 15.3. The lowest BCUT2D eigenvalue weighted by Gasteiger charge is -2.21. The Bertz CT molecular complexity index is 477. The van der Waals surface area contributed by atoms with Gasteiger partial charge in [0.05, 0.1) is 18.8 Å². The number of nitrogen functional groups attached to an aromatic ring is 1. The number of anilines is 2. The highest BCUT2D eigenvalue weighted by molar-refractivity contribution is 9.10. The number of methoxy groups -OCH3 is 1. The molecular weight excluding hydrogens is 322 g/mol. The predicted octanol–water partition coefficient (Wildman–Crippen LogP) is 2.08. The standard InChI is InChI=1S/C14H20BrN3O2/c1-20-7-6-18(11-3-4-11)9-14(19)17-13-5-2-10(16)8-12(13)15/h2,5,8,11H,3-4,6-7,9,16H2,1H3,(H,17,19). The number of ether oxygens (including phenoxy) is 1. The highest BCUT2D eigenvalue weighted by Gasteiger charge is 2.29. The monoisotopic (exact) mass is 341 g/mol. The van der Waals surface area contributed by atoms with Crippen molar-refractivity contribution < 1.29 is 9.53 Å². The van der Waals surface area contributed by atoms with E-state index in [4.69, 9.17) is 10.5 Å². The van der Waals surface area contributed by atoms with E-state index < -0.39 is 0 Å². The lowest BCUT2D eigenvalue weighted by atomic mass is 10.3. The molecule has 0 unspecified atom stereocenters. The molecular formula is C14H20BrN3O2. The average molecular weight is 342 g/mol. The molecule has 0 saturated heterocycles. The van der Waals surface area contributed by atoms with Gasteiger partial charge in [0.2, 0.25) is 5.91 Å². The Kier molecular flexibility index (Phi) is 5.39. The molecule has 1 aromatic rings. The van der Waals surface area contributed by atoms with Crippen molar-refractivity contribution in [2.24, 2.45) is 0 Å². The highest BCUT2D eigenvalue weighted by Crippen LogP contribution is 2.27. The van der Waals surface area contributed by atoms with Crippen molar-refractivity contribution in [3.63, 3.8) is 0 Å². The zero-order valence-electron chi connectivity index (χ0n) is 11.6. The summed E-state index contributed by atoms with van der Waals surface area (Å²) in [6, 6.07) is 5.88. The topological polar surface area (TPSA) is 67.6 Å². The van der Waals surface area contributed by atoms with Gasteiger partial charge in [-0.1, -0.05) is 0 Å². The minimum Gasteiger partial charge on any atom is -0.399 e. The quantitative estimate of drug-likeness (QED) is 0.745. The van der Waals surface area contributed by atoms with E-state index in [1.807, 2.05) is 0 Å². The number of nitrogens with zero attached hydrogens (tertiary/aromatic N) is 1. The summed E-state index contributed by atoms with van der Waals surface area (Å²) in [6.45, 7) is 1.83. The van der Waals surface area contributed by atoms with Crippen LogP contribution in [0.5, 0.6) is 0 Å². The van der Waals surface area contributed by atoms with Crippen LogP contribution < -0.4 is 11.1 Å². The molecule has 2 rings (SSSR count). The minimum absolute atomic E-state index is 0.0153. The van der Waals surface area contributed by atoms with Gasteiger partial charge in [-0.3, -0.25) is 9.69 Å². The summed E-state index contributed by atoms with van der Waals surface area (Å²) in [7, 11) is 1.68. The van der Waals surface area contributed by atoms with Crippen molar-refractivity contribution in [2.45, 2.75) is 18.9 Å². The second-order valence-electron chi connectivity index (χ2n) is 4.98.